The minimum absolute atomic E-state index is 0.311. The second-order valence-electron chi connectivity index (χ2n) is 7.70. The van der Waals surface area contributed by atoms with E-state index in [1.807, 2.05) is 80.6 Å². The number of hydrogen-bond acceptors (Lipinski definition) is 5. The summed E-state index contributed by atoms with van der Waals surface area (Å²) >= 11 is 0. The van der Waals surface area contributed by atoms with Crippen LogP contribution in [0.1, 0.15) is 22.9 Å². The topological polar surface area (TPSA) is 69.0 Å². The van der Waals surface area contributed by atoms with Gasteiger partial charge in [0.25, 0.3) is 5.56 Å². The van der Waals surface area contributed by atoms with Crippen molar-refractivity contribution in [2.45, 2.75) is 20.0 Å². The van der Waals surface area contributed by atoms with Crippen LogP contribution >= 0.6 is 0 Å². The van der Waals surface area contributed by atoms with Crippen LogP contribution in [0.4, 0.5) is 5.69 Å². The molecule has 6 nitrogen and oxygen atoms in total. The SMILES string of the molecule is COc1ccc([C@H]2Nc3ccccc3-c3nc(=O)c(-c4ccc(C)c(C)c4)nn32)cc1. The first kappa shape index (κ1) is 19.1. The van der Waals surface area contributed by atoms with Crippen molar-refractivity contribution in [3.05, 3.63) is 93.8 Å². The fourth-order valence-electron chi connectivity index (χ4n) is 3.85. The van der Waals surface area contributed by atoms with Crippen molar-refractivity contribution in [1.82, 2.24) is 14.8 Å². The van der Waals surface area contributed by atoms with Crippen molar-refractivity contribution < 1.29 is 4.74 Å². The molecule has 1 aliphatic rings. The number of fused-ring (bicyclic) bond motifs is 3. The fraction of sp³-hybridized carbons (Fsp3) is 0.160. The molecule has 4 aromatic rings. The summed E-state index contributed by atoms with van der Waals surface area (Å²) in [5, 5.41) is 8.34. The maximum Gasteiger partial charge on any atom is 0.300 e. The molecule has 5 rings (SSSR count). The normalized spacial score (nSPS) is 14.4. The van der Waals surface area contributed by atoms with E-state index in [0.717, 1.165) is 33.7 Å². The molecule has 0 fully saturated rings. The Kier molecular flexibility index (Phi) is 4.55. The molecule has 0 saturated carbocycles. The zero-order valence-corrected chi connectivity index (χ0v) is 17.6. The minimum Gasteiger partial charge on any atom is -0.497 e. The van der Waals surface area contributed by atoms with Crippen LogP contribution in [0.25, 0.3) is 22.6 Å². The number of nitrogens with zero attached hydrogens (tertiary/aromatic N) is 3. The first-order valence-corrected chi connectivity index (χ1v) is 10.1. The third kappa shape index (κ3) is 3.26. The van der Waals surface area contributed by atoms with Gasteiger partial charge in [0.2, 0.25) is 0 Å². The Morgan fingerprint density at radius 3 is 2.48 bits per heavy atom. The van der Waals surface area contributed by atoms with E-state index in [9.17, 15) is 4.79 Å². The number of ether oxygens (including phenoxy) is 1. The smallest absolute Gasteiger partial charge is 0.300 e. The van der Waals surface area contributed by atoms with Crippen LogP contribution < -0.4 is 15.6 Å². The van der Waals surface area contributed by atoms with Gasteiger partial charge in [0.15, 0.2) is 11.5 Å². The molecule has 1 aliphatic heterocycles. The van der Waals surface area contributed by atoms with Crippen LogP contribution in [-0.4, -0.2) is 21.9 Å². The third-order valence-electron chi connectivity index (χ3n) is 5.75. The molecule has 1 aromatic heterocycles. The number of benzene rings is 3. The Bertz CT molecular complexity index is 1340. The van der Waals surface area contributed by atoms with Crippen molar-refractivity contribution in [3.63, 3.8) is 0 Å². The lowest BCUT2D eigenvalue weighted by Gasteiger charge is -2.30. The first-order valence-electron chi connectivity index (χ1n) is 10.1. The summed E-state index contributed by atoms with van der Waals surface area (Å²) in [6.07, 6.45) is -0.311. The van der Waals surface area contributed by atoms with E-state index in [-0.39, 0.29) is 11.7 Å². The molecule has 1 N–H and O–H groups in total. The van der Waals surface area contributed by atoms with Crippen LogP contribution in [0.5, 0.6) is 5.75 Å². The van der Waals surface area contributed by atoms with Crippen molar-refractivity contribution in [1.29, 1.82) is 0 Å². The van der Waals surface area contributed by atoms with E-state index in [4.69, 9.17) is 9.84 Å². The molecular formula is C25H22N4O2. The van der Waals surface area contributed by atoms with Gasteiger partial charge in [-0.15, -0.1) is 0 Å². The van der Waals surface area contributed by atoms with E-state index in [0.29, 0.717) is 11.5 Å². The number of rotatable bonds is 3. The third-order valence-corrected chi connectivity index (χ3v) is 5.75. The average Bonchev–Trinajstić information content (AvgIpc) is 2.80. The summed E-state index contributed by atoms with van der Waals surface area (Å²) in [6.45, 7) is 4.07. The summed E-state index contributed by atoms with van der Waals surface area (Å²) in [7, 11) is 1.64. The molecule has 0 aliphatic carbocycles. The van der Waals surface area contributed by atoms with Gasteiger partial charge in [-0.1, -0.05) is 36.4 Å². The number of para-hydroxylation sites is 1. The quantitative estimate of drug-likeness (QED) is 0.536. The lowest BCUT2D eigenvalue weighted by molar-refractivity contribution is 0.414. The standard InChI is InChI=1S/C25H22N4O2/c1-15-8-9-18(14-16(15)2)22-25(30)27-24-20-6-4-5-7-21(20)26-23(29(24)28-22)17-10-12-19(31-3)13-11-17/h4-14,23,26H,1-3H3/t23-/m0/s1. The van der Waals surface area contributed by atoms with E-state index in [2.05, 4.69) is 10.3 Å². The minimum atomic E-state index is -0.334. The maximum atomic E-state index is 13.0. The molecule has 6 heteroatoms. The van der Waals surface area contributed by atoms with Gasteiger partial charge in [0, 0.05) is 16.8 Å². The summed E-state index contributed by atoms with van der Waals surface area (Å²) in [4.78, 5) is 17.5. The Morgan fingerprint density at radius 1 is 0.968 bits per heavy atom. The zero-order valence-electron chi connectivity index (χ0n) is 17.6. The van der Waals surface area contributed by atoms with Gasteiger partial charge in [0.1, 0.15) is 11.9 Å². The highest BCUT2D eigenvalue weighted by atomic mass is 16.5. The van der Waals surface area contributed by atoms with E-state index in [1.165, 1.54) is 5.56 Å². The molecular weight excluding hydrogens is 388 g/mol. The van der Waals surface area contributed by atoms with E-state index in [1.54, 1.807) is 11.8 Å². The number of nitrogens with one attached hydrogen (secondary N) is 1. The molecule has 3 aromatic carbocycles. The van der Waals surface area contributed by atoms with Gasteiger partial charge in [-0.3, -0.25) is 4.79 Å². The van der Waals surface area contributed by atoms with Crippen molar-refractivity contribution in [2.75, 3.05) is 12.4 Å². The van der Waals surface area contributed by atoms with Gasteiger partial charge in [-0.2, -0.15) is 10.1 Å². The predicted molar refractivity (Wildman–Crippen MR) is 121 cm³/mol. The van der Waals surface area contributed by atoms with Crippen LogP contribution in [0.2, 0.25) is 0 Å². The maximum absolute atomic E-state index is 13.0. The van der Waals surface area contributed by atoms with Crippen LogP contribution in [0, 0.1) is 13.8 Å². The number of aromatic nitrogens is 3. The molecule has 0 spiro atoms. The summed E-state index contributed by atoms with van der Waals surface area (Å²) in [5.41, 5.74) is 5.80. The highest BCUT2D eigenvalue weighted by Crippen LogP contribution is 2.36. The van der Waals surface area contributed by atoms with Gasteiger partial charge < -0.3 is 10.1 Å². The highest BCUT2D eigenvalue weighted by Gasteiger charge is 2.28. The molecule has 31 heavy (non-hydrogen) atoms. The summed E-state index contributed by atoms with van der Waals surface area (Å²) < 4.78 is 7.10. The largest absolute Gasteiger partial charge is 0.497 e. The van der Waals surface area contributed by atoms with E-state index >= 15 is 0 Å². The Labute approximate surface area is 180 Å². The lowest BCUT2D eigenvalue weighted by atomic mass is 10.0. The predicted octanol–water partition coefficient (Wildman–Crippen LogP) is 4.57. The molecule has 0 unspecified atom stereocenters. The Hall–Kier alpha value is -3.93. The van der Waals surface area contributed by atoms with Crippen molar-refractivity contribution >= 4 is 5.69 Å². The van der Waals surface area contributed by atoms with Crippen LogP contribution in [0.3, 0.4) is 0 Å². The Morgan fingerprint density at radius 2 is 1.74 bits per heavy atom. The van der Waals surface area contributed by atoms with Gasteiger partial charge in [-0.05, 0) is 60.9 Å². The number of hydrogen-bond donors (Lipinski definition) is 1. The second kappa shape index (κ2) is 7.40. The molecule has 154 valence electrons. The van der Waals surface area contributed by atoms with Crippen molar-refractivity contribution in [2.24, 2.45) is 0 Å². The molecule has 0 saturated heterocycles. The second-order valence-corrected chi connectivity index (χ2v) is 7.70. The Balaban J connectivity index is 1.72. The van der Waals surface area contributed by atoms with Gasteiger partial charge in [-0.25, -0.2) is 4.68 Å². The molecule has 0 bridgehead atoms. The molecule has 0 amide bonds. The van der Waals surface area contributed by atoms with E-state index < -0.39 is 0 Å². The van der Waals surface area contributed by atoms with Crippen LogP contribution in [-0.2, 0) is 0 Å². The molecule has 1 atom stereocenters. The summed E-state index contributed by atoms with van der Waals surface area (Å²) in [5.74, 6) is 1.33. The summed E-state index contributed by atoms with van der Waals surface area (Å²) in [6, 6.07) is 21.5. The van der Waals surface area contributed by atoms with Crippen LogP contribution in [0.15, 0.2) is 71.5 Å². The number of methoxy groups -OCH3 is 1. The molecule has 2 heterocycles. The number of aryl methyl sites for hydroxylation is 2. The average molecular weight is 410 g/mol. The fourth-order valence-corrected chi connectivity index (χ4v) is 3.85. The number of anilines is 1. The highest BCUT2D eigenvalue weighted by molar-refractivity contribution is 5.76. The van der Waals surface area contributed by atoms with Gasteiger partial charge in [0.05, 0.1) is 7.11 Å². The van der Waals surface area contributed by atoms with Crippen molar-refractivity contribution in [3.8, 4) is 28.4 Å². The lowest BCUT2D eigenvalue weighted by Crippen LogP contribution is -2.32. The first-order chi connectivity index (χ1) is 15.0. The monoisotopic (exact) mass is 410 g/mol. The van der Waals surface area contributed by atoms with Gasteiger partial charge >= 0.3 is 0 Å². The zero-order chi connectivity index (χ0) is 21.5. The molecule has 0 radical (unpaired) electrons.